The first-order valence-electron chi connectivity index (χ1n) is 6.53. The van der Waals surface area contributed by atoms with Crippen LogP contribution < -0.4 is 0 Å². The fourth-order valence-corrected chi connectivity index (χ4v) is 2.94. The largest absolute Gasteiger partial charge is 0.481 e. The van der Waals surface area contributed by atoms with E-state index in [2.05, 4.69) is 19.9 Å². The molecule has 0 amide bonds. The molecule has 1 aliphatic carbocycles. The summed E-state index contributed by atoms with van der Waals surface area (Å²) in [6.45, 7) is 6.14. The number of rotatable bonds is 5. The van der Waals surface area contributed by atoms with Crippen molar-refractivity contribution in [3.05, 3.63) is 11.6 Å². The summed E-state index contributed by atoms with van der Waals surface area (Å²) >= 11 is 0. The van der Waals surface area contributed by atoms with Crippen LogP contribution in [0.5, 0.6) is 0 Å². The van der Waals surface area contributed by atoms with Crippen LogP contribution in [0.3, 0.4) is 0 Å². The molecular weight excluding hydrogens is 216 g/mol. The zero-order valence-corrected chi connectivity index (χ0v) is 11.0. The number of carboxylic acid groups (broad SMARTS) is 1. The lowest BCUT2D eigenvalue weighted by Gasteiger charge is -2.32. The molecule has 0 aromatic heterocycles. The summed E-state index contributed by atoms with van der Waals surface area (Å²) in [6, 6.07) is 0. The standard InChI is InChI=1S/C14H24O3/c1-4-5-12(14(16)17)13(15)11-7-9(2)6-10(3)8-11/h6,9,11-13,15H,4-5,7-8H2,1-3H3,(H,16,17). The maximum absolute atomic E-state index is 11.2. The minimum Gasteiger partial charge on any atom is -0.481 e. The van der Waals surface area contributed by atoms with Gasteiger partial charge in [-0.05, 0) is 38.0 Å². The molecule has 98 valence electrons. The van der Waals surface area contributed by atoms with Crippen molar-refractivity contribution in [2.75, 3.05) is 0 Å². The molecule has 3 nitrogen and oxygen atoms in total. The number of carbonyl (C=O) groups is 1. The van der Waals surface area contributed by atoms with Gasteiger partial charge in [0.05, 0.1) is 12.0 Å². The molecule has 0 saturated heterocycles. The summed E-state index contributed by atoms with van der Waals surface area (Å²) < 4.78 is 0. The number of aliphatic carboxylic acids is 1. The molecule has 1 rings (SSSR count). The van der Waals surface area contributed by atoms with Crippen LogP contribution in [-0.4, -0.2) is 22.3 Å². The van der Waals surface area contributed by atoms with Crippen LogP contribution in [0, 0.1) is 17.8 Å². The van der Waals surface area contributed by atoms with E-state index in [4.69, 9.17) is 5.11 Å². The average molecular weight is 240 g/mol. The molecule has 0 heterocycles. The normalized spacial score (nSPS) is 28.4. The van der Waals surface area contributed by atoms with Crippen LogP contribution in [0.1, 0.15) is 46.5 Å². The van der Waals surface area contributed by atoms with Crippen LogP contribution in [0.4, 0.5) is 0 Å². The number of allylic oxidation sites excluding steroid dienone is 2. The molecule has 4 atom stereocenters. The molecule has 0 spiro atoms. The van der Waals surface area contributed by atoms with Gasteiger partial charge in [-0.1, -0.05) is 31.9 Å². The highest BCUT2D eigenvalue weighted by Crippen LogP contribution is 2.33. The molecule has 0 fully saturated rings. The van der Waals surface area contributed by atoms with E-state index in [9.17, 15) is 9.90 Å². The summed E-state index contributed by atoms with van der Waals surface area (Å²) in [5.41, 5.74) is 1.27. The van der Waals surface area contributed by atoms with Crippen LogP contribution in [0.15, 0.2) is 11.6 Å². The van der Waals surface area contributed by atoms with Gasteiger partial charge in [0.15, 0.2) is 0 Å². The highest BCUT2D eigenvalue weighted by atomic mass is 16.4. The van der Waals surface area contributed by atoms with Gasteiger partial charge in [0.1, 0.15) is 0 Å². The third-order valence-electron chi connectivity index (χ3n) is 3.64. The number of aliphatic hydroxyl groups excluding tert-OH is 1. The number of hydrogen-bond acceptors (Lipinski definition) is 2. The van der Waals surface area contributed by atoms with Crippen LogP contribution in [-0.2, 0) is 4.79 Å². The molecule has 0 aliphatic heterocycles. The van der Waals surface area contributed by atoms with Crippen LogP contribution in [0.25, 0.3) is 0 Å². The predicted molar refractivity (Wildman–Crippen MR) is 67.7 cm³/mol. The van der Waals surface area contributed by atoms with Gasteiger partial charge in [0.2, 0.25) is 0 Å². The number of aliphatic hydroxyl groups is 1. The SMILES string of the molecule is CCCC(C(=O)O)C(O)C1CC(C)=CC(C)C1. The topological polar surface area (TPSA) is 57.5 Å². The van der Waals surface area contributed by atoms with Gasteiger partial charge in [0, 0.05) is 0 Å². The first-order chi connectivity index (χ1) is 7.95. The van der Waals surface area contributed by atoms with E-state index >= 15 is 0 Å². The lowest BCUT2D eigenvalue weighted by atomic mass is 9.76. The van der Waals surface area contributed by atoms with Gasteiger partial charge >= 0.3 is 5.97 Å². The summed E-state index contributed by atoms with van der Waals surface area (Å²) in [5.74, 6) is -0.926. The second-order valence-electron chi connectivity index (χ2n) is 5.41. The Labute approximate surface area is 104 Å². The van der Waals surface area contributed by atoms with Crippen molar-refractivity contribution >= 4 is 5.97 Å². The second-order valence-corrected chi connectivity index (χ2v) is 5.41. The van der Waals surface area contributed by atoms with Crippen molar-refractivity contribution in [1.82, 2.24) is 0 Å². The van der Waals surface area contributed by atoms with Gasteiger partial charge < -0.3 is 10.2 Å². The third kappa shape index (κ3) is 3.84. The summed E-state index contributed by atoms with van der Waals surface area (Å²) in [7, 11) is 0. The van der Waals surface area contributed by atoms with Crippen molar-refractivity contribution < 1.29 is 15.0 Å². The van der Waals surface area contributed by atoms with E-state index < -0.39 is 18.0 Å². The molecule has 2 N–H and O–H groups in total. The molecular formula is C14H24O3. The molecule has 0 bridgehead atoms. The van der Waals surface area contributed by atoms with Gasteiger partial charge in [0.25, 0.3) is 0 Å². The third-order valence-corrected chi connectivity index (χ3v) is 3.64. The number of carboxylic acids is 1. The highest BCUT2D eigenvalue weighted by Gasteiger charge is 2.34. The zero-order valence-electron chi connectivity index (χ0n) is 11.0. The molecule has 0 aromatic rings. The molecule has 1 aliphatic rings. The van der Waals surface area contributed by atoms with Gasteiger partial charge in [-0.25, -0.2) is 0 Å². The molecule has 17 heavy (non-hydrogen) atoms. The molecule has 0 radical (unpaired) electrons. The quantitative estimate of drug-likeness (QED) is 0.726. The van der Waals surface area contributed by atoms with Crippen LogP contribution in [0.2, 0.25) is 0 Å². The van der Waals surface area contributed by atoms with Crippen LogP contribution >= 0.6 is 0 Å². The summed E-state index contributed by atoms with van der Waals surface area (Å²) in [5, 5.41) is 19.4. The first-order valence-corrected chi connectivity index (χ1v) is 6.53. The minimum atomic E-state index is -0.862. The molecule has 4 unspecified atom stereocenters. The maximum atomic E-state index is 11.2. The predicted octanol–water partition coefficient (Wildman–Crippen LogP) is 2.84. The molecule has 0 aromatic carbocycles. The van der Waals surface area contributed by atoms with Crippen molar-refractivity contribution in [2.24, 2.45) is 17.8 Å². The first kappa shape index (κ1) is 14.2. The monoisotopic (exact) mass is 240 g/mol. The Balaban J connectivity index is 2.71. The number of hydrogen-bond donors (Lipinski definition) is 2. The molecule has 0 saturated carbocycles. The van der Waals surface area contributed by atoms with E-state index in [1.165, 1.54) is 5.57 Å². The van der Waals surface area contributed by atoms with E-state index in [-0.39, 0.29) is 5.92 Å². The average Bonchev–Trinajstić information content (AvgIpc) is 2.23. The Morgan fingerprint density at radius 3 is 2.71 bits per heavy atom. The van der Waals surface area contributed by atoms with E-state index in [0.29, 0.717) is 12.3 Å². The van der Waals surface area contributed by atoms with E-state index in [0.717, 1.165) is 19.3 Å². The van der Waals surface area contributed by atoms with Gasteiger partial charge in [-0.2, -0.15) is 0 Å². The fraction of sp³-hybridized carbons (Fsp3) is 0.786. The second kappa shape index (κ2) is 6.20. The Bertz CT molecular complexity index is 296. The lowest BCUT2D eigenvalue weighted by molar-refractivity contribution is -0.147. The Hall–Kier alpha value is -0.830. The zero-order chi connectivity index (χ0) is 13.0. The van der Waals surface area contributed by atoms with Gasteiger partial charge in [-0.3, -0.25) is 4.79 Å². The van der Waals surface area contributed by atoms with Gasteiger partial charge in [-0.15, -0.1) is 0 Å². The lowest BCUT2D eigenvalue weighted by Crippen LogP contribution is -2.36. The summed E-state index contributed by atoms with van der Waals surface area (Å²) in [4.78, 5) is 11.2. The summed E-state index contributed by atoms with van der Waals surface area (Å²) in [6.07, 6.45) is 4.59. The van der Waals surface area contributed by atoms with Crippen molar-refractivity contribution in [3.8, 4) is 0 Å². The maximum Gasteiger partial charge on any atom is 0.309 e. The fourth-order valence-electron chi connectivity index (χ4n) is 2.94. The Morgan fingerprint density at radius 1 is 1.59 bits per heavy atom. The van der Waals surface area contributed by atoms with E-state index in [1.54, 1.807) is 0 Å². The minimum absolute atomic E-state index is 0.0997. The smallest absolute Gasteiger partial charge is 0.309 e. The Kier molecular flexibility index (Phi) is 5.19. The van der Waals surface area contributed by atoms with E-state index in [1.807, 2.05) is 6.92 Å². The van der Waals surface area contributed by atoms with Crippen molar-refractivity contribution in [2.45, 2.75) is 52.6 Å². The highest BCUT2D eigenvalue weighted by molar-refractivity contribution is 5.70. The van der Waals surface area contributed by atoms with Crippen molar-refractivity contribution in [1.29, 1.82) is 0 Å². The Morgan fingerprint density at radius 2 is 2.24 bits per heavy atom. The molecule has 3 heteroatoms. The van der Waals surface area contributed by atoms with Crippen molar-refractivity contribution in [3.63, 3.8) is 0 Å².